The summed E-state index contributed by atoms with van der Waals surface area (Å²) in [5, 5.41) is 3.26. The topological polar surface area (TPSA) is 38.3 Å². The molecule has 0 saturated heterocycles. The van der Waals surface area contributed by atoms with Crippen LogP contribution in [0.1, 0.15) is 19.3 Å². The molecule has 3 nitrogen and oxygen atoms in total. The first-order valence-corrected chi connectivity index (χ1v) is 7.37. The maximum absolute atomic E-state index is 11.1. The van der Waals surface area contributed by atoms with Crippen molar-refractivity contribution in [1.82, 2.24) is 5.09 Å². The van der Waals surface area contributed by atoms with Crippen LogP contribution in [0.15, 0.2) is 11.8 Å². The summed E-state index contributed by atoms with van der Waals surface area (Å²) in [6, 6.07) is 0. The van der Waals surface area contributed by atoms with Crippen LogP contribution in [0.3, 0.4) is 0 Å². The van der Waals surface area contributed by atoms with Crippen LogP contribution in [0.2, 0.25) is 0 Å². The van der Waals surface area contributed by atoms with Gasteiger partial charge in [-0.05, 0) is 27.7 Å². The van der Waals surface area contributed by atoms with E-state index in [4.69, 9.17) is 0 Å². The molecule has 1 rings (SSSR count). The molecule has 0 aromatic carbocycles. The summed E-state index contributed by atoms with van der Waals surface area (Å²) in [5.41, 5.74) is 1.25. The lowest BCUT2D eigenvalue weighted by Gasteiger charge is -2.19. The Morgan fingerprint density at radius 3 is 3.00 bits per heavy atom. The van der Waals surface area contributed by atoms with E-state index >= 15 is 0 Å². The van der Waals surface area contributed by atoms with Gasteiger partial charge in [0, 0.05) is 5.70 Å². The van der Waals surface area contributed by atoms with Crippen molar-refractivity contribution in [2.45, 2.75) is 19.3 Å². The number of rotatable bonds is 3. The van der Waals surface area contributed by atoms with Crippen LogP contribution in [-0.4, -0.2) is 5.97 Å². The standard InChI is InChI=1S/C7H14NO2P3/c9-7(10-11)5-1-3-6(4-2-5)8-13-12/h3,5,8,13H,1-2,4,11-12H2. The number of carbonyl (C=O) groups excluding carboxylic acids is 1. The van der Waals surface area contributed by atoms with E-state index in [0.717, 1.165) is 19.3 Å². The minimum Gasteiger partial charge on any atom is -0.451 e. The van der Waals surface area contributed by atoms with Crippen molar-refractivity contribution in [1.29, 1.82) is 0 Å². The number of carbonyl (C=O) groups is 1. The fourth-order valence-corrected chi connectivity index (χ4v) is 2.51. The quantitative estimate of drug-likeness (QED) is 0.762. The van der Waals surface area contributed by atoms with Crippen LogP contribution in [0.25, 0.3) is 0 Å². The van der Waals surface area contributed by atoms with E-state index in [9.17, 15) is 4.79 Å². The molecule has 0 heterocycles. The zero-order valence-electron chi connectivity index (χ0n) is 7.25. The maximum Gasteiger partial charge on any atom is 0.311 e. The molecule has 1 aliphatic rings. The fourth-order valence-electron chi connectivity index (χ4n) is 1.35. The minimum absolute atomic E-state index is 0.0518. The molecule has 0 radical (unpaired) electrons. The van der Waals surface area contributed by atoms with Crippen molar-refractivity contribution in [2.75, 3.05) is 0 Å². The molecule has 0 spiro atoms. The third-order valence-electron chi connectivity index (χ3n) is 2.09. The van der Waals surface area contributed by atoms with Gasteiger partial charge in [0.1, 0.15) is 0 Å². The van der Waals surface area contributed by atoms with Gasteiger partial charge in [0.2, 0.25) is 0 Å². The van der Waals surface area contributed by atoms with Gasteiger partial charge in [-0.25, -0.2) is 0 Å². The second kappa shape index (κ2) is 5.91. The van der Waals surface area contributed by atoms with Gasteiger partial charge in [-0.2, -0.15) is 0 Å². The summed E-state index contributed by atoms with van der Waals surface area (Å²) in [4.78, 5) is 11.1. The SMILES string of the molecule is O=C(OP)C1CC=C(NPP)CC1. The first-order valence-electron chi connectivity index (χ1n) is 4.09. The van der Waals surface area contributed by atoms with Crippen LogP contribution in [0, 0.1) is 5.92 Å². The van der Waals surface area contributed by atoms with Gasteiger partial charge in [-0.3, -0.25) is 4.79 Å². The monoisotopic (exact) mass is 237 g/mol. The van der Waals surface area contributed by atoms with Crippen molar-refractivity contribution in [3.8, 4) is 0 Å². The van der Waals surface area contributed by atoms with Crippen LogP contribution in [-0.2, 0) is 9.32 Å². The van der Waals surface area contributed by atoms with Gasteiger partial charge in [-0.15, -0.1) is 0 Å². The van der Waals surface area contributed by atoms with Crippen LogP contribution < -0.4 is 5.09 Å². The largest absolute Gasteiger partial charge is 0.451 e. The van der Waals surface area contributed by atoms with E-state index in [1.54, 1.807) is 0 Å². The van der Waals surface area contributed by atoms with Gasteiger partial charge < -0.3 is 9.61 Å². The molecule has 0 amide bonds. The molecule has 0 bridgehead atoms. The second-order valence-corrected chi connectivity index (χ2v) is 4.55. The second-order valence-electron chi connectivity index (χ2n) is 2.91. The smallest absolute Gasteiger partial charge is 0.311 e. The average Bonchev–Trinajstić information content (AvgIpc) is 2.18. The average molecular weight is 237 g/mol. The van der Waals surface area contributed by atoms with Gasteiger partial charge in [-0.1, -0.05) is 15.0 Å². The maximum atomic E-state index is 11.1. The van der Waals surface area contributed by atoms with Gasteiger partial charge in [0.15, 0.2) is 0 Å². The first kappa shape index (κ1) is 11.4. The molecule has 1 N–H and O–H groups in total. The summed E-state index contributed by atoms with van der Waals surface area (Å²) < 4.78 is 4.61. The van der Waals surface area contributed by atoms with Gasteiger partial charge >= 0.3 is 5.97 Å². The van der Waals surface area contributed by atoms with Gasteiger partial charge in [0.25, 0.3) is 0 Å². The molecule has 0 aromatic rings. The Morgan fingerprint density at radius 2 is 2.54 bits per heavy atom. The Hall–Kier alpha value is 0.300. The number of nitrogens with one attached hydrogen (secondary N) is 1. The molecule has 4 atom stereocenters. The number of hydrogen-bond donors (Lipinski definition) is 1. The van der Waals surface area contributed by atoms with E-state index in [-0.39, 0.29) is 11.9 Å². The molecular formula is C7H14NO2P3. The lowest BCUT2D eigenvalue weighted by molar-refractivity contribution is -0.137. The molecule has 0 fully saturated rings. The molecule has 74 valence electrons. The number of hydrogen-bond acceptors (Lipinski definition) is 3. The Morgan fingerprint density at radius 1 is 1.77 bits per heavy atom. The van der Waals surface area contributed by atoms with E-state index in [0.29, 0.717) is 8.42 Å². The van der Waals surface area contributed by atoms with Crippen molar-refractivity contribution in [3.05, 3.63) is 11.8 Å². The summed E-state index contributed by atoms with van der Waals surface area (Å²) in [7, 11) is 5.31. The first-order chi connectivity index (χ1) is 6.27. The zero-order chi connectivity index (χ0) is 9.68. The molecule has 0 aliphatic heterocycles. The van der Waals surface area contributed by atoms with Gasteiger partial charge in [0.05, 0.1) is 15.4 Å². The third-order valence-corrected chi connectivity index (χ3v) is 3.22. The predicted molar refractivity (Wildman–Crippen MR) is 62.4 cm³/mol. The van der Waals surface area contributed by atoms with E-state index < -0.39 is 0 Å². The normalized spacial score (nSPS) is 22.9. The van der Waals surface area contributed by atoms with E-state index in [1.807, 2.05) is 9.47 Å². The van der Waals surface area contributed by atoms with E-state index in [2.05, 4.69) is 24.6 Å². The van der Waals surface area contributed by atoms with Crippen LogP contribution in [0.4, 0.5) is 0 Å². The lowest BCUT2D eigenvalue weighted by Crippen LogP contribution is -2.18. The molecule has 0 saturated carbocycles. The Labute approximate surface area is 84.7 Å². The van der Waals surface area contributed by atoms with Crippen molar-refractivity contribution in [2.24, 2.45) is 5.92 Å². The highest BCUT2D eigenvalue weighted by Gasteiger charge is 2.21. The van der Waals surface area contributed by atoms with Crippen LogP contribution >= 0.6 is 26.8 Å². The minimum atomic E-state index is -0.117. The van der Waals surface area contributed by atoms with E-state index in [1.165, 1.54) is 5.70 Å². The molecule has 0 aromatic heterocycles. The zero-order valence-corrected chi connectivity index (χ0v) is 10.6. The number of allylic oxidation sites excluding steroid dienone is 2. The highest BCUT2D eigenvalue weighted by Crippen LogP contribution is 2.27. The summed E-state index contributed by atoms with van der Waals surface area (Å²) in [6.45, 7) is 0. The van der Waals surface area contributed by atoms with Crippen molar-refractivity contribution in [3.63, 3.8) is 0 Å². The highest BCUT2D eigenvalue weighted by molar-refractivity contribution is 8.01. The molecule has 13 heavy (non-hydrogen) atoms. The third kappa shape index (κ3) is 3.50. The fraction of sp³-hybridized carbons (Fsp3) is 0.571. The molecule has 1 aliphatic carbocycles. The Kier molecular flexibility index (Phi) is 5.17. The molecular weight excluding hydrogens is 223 g/mol. The molecule has 4 unspecified atom stereocenters. The predicted octanol–water partition coefficient (Wildman–Crippen LogP) is 1.98. The van der Waals surface area contributed by atoms with Crippen molar-refractivity contribution < 1.29 is 9.32 Å². The Balaban J connectivity index is 2.41. The summed E-state index contributed by atoms with van der Waals surface area (Å²) in [5.74, 6) is -0.0653. The lowest BCUT2D eigenvalue weighted by atomic mass is 9.93. The molecule has 6 heteroatoms. The van der Waals surface area contributed by atoms with Crippen LogP contribution in [0.5, 0.6) is 0 Å². The summed E-state index contributed by atoms with van der Waals surface area (Å²) in [6.07, 6.45) is 4.73. The van der Waals surface area contributed by atoms with Crippen molar-refractivity contribution >= 4 is 32.8 Å². The highest BCUT2D eigenvalue weighted by atomic mass is 32.0. The Bertz CT molecular complexity index is 220. The summed E-state index contributed by atoms with van der Waals surface area (Å²) >= 11 is 0.